The summed E-state index contributed by atoms with van der Waals surface area (Å²) < 4.78 is 0. The number of hydrogen-bond acceptors (Lipinski definition) is 4. The molecule has 2 aromatic carbocycles. The highest BCUT2D eigenvalue weighted by Crippen LogP contribution is 2.16. The second kappa shape index (κ2) is 10.4. The molecule has 0 aliphatic carbocycles. The first-order valence-electron chi connectivity index (χ1n) is 8.73. The second-order valence-electron chi connectivity index (χ2n) is 6.17. The minimum absolute atomic E-state index is 0.0773. The zero-order chi connectivity index (χ0) is 21.2. The summed E-state index contributed by atoms with van der Waals surface area (Å²) in [6, 6.07) is 14.3. The lowest BCUT2D eigenvalue weighted by atomic mass is 10.0. The van der Waals surface area contributed by atoms with Crippen LogP contribution in [0.25, 0.3) is 0 Å². The molecule has 0 fully saturated rings. The molecule has 0 saturated carbocycles. The first-order chi connectivity index (χ1) is 13.8. The van der Waals surface area contributed by atoms with Crippen molar-refractivity contribution in [1.82, 2.24) is 0 Å². The van der Waals surface area contributed by atoms with Gasteiger partial charge in [-0.25, -0.2) is 4.79 Å². The molecule has 0 atom stereocenters. The molecule has 2 rings (SSSR count). The van der Waals surface area contributed by atoms with Crippen LogP contribution < -0.4 is 10.6 Å². The molecule has 4 N–H and O–H groups in total. The van der Waals surface area contributed by atoms with Crippen LogP contribution in [0.1, 0.15) is 24.0 Å². The summed E-state index contributed by atoms with van der Waals surface area (Å²) in [6.45, 7) is 0. The molecule has 2 aromatic rings. The molecule has 150 valence electrons. The summed E-state index contributed by atoms with van der Waals surface area (Å²) in [7, 11) is 0. The molecule has 0 aromatic heterocycles. The zero-order valence-electron chi connectivity index (χ0n) is 15.4. The largest absolute Gasteiger partial charge is 0.481 e. The van der Waals surface area contributed by atoms with E-state index in [4.69, 9.17) is 10.2 Å². The maximum atomic E-state index is 11.6. The van der Waals surface area contributed by atoms with Gasteiger partial charge in [0.2, 0.25) is 11.8 Å². The van der Waals surface area contributed by atoms with Gasteiger partial charge in [0.25, 0.3) is 0 Å². The molecule has 29 heavy (non-hydrogen) atoms. The van der Waals surface area contributed by atoms with Crippen LogP contribution in [0.4, 0.5) is 11.4 Å². The van der Waals surface area contributed by atoms with Gasteiger partial charge in [-0.2, -0.15) is 0 Å². The molecule has 0 bridgehead atoms. The van der Waals surface area contributed by atoms with Crippen LogP contribution in [0.15, 0.2) is 60.7 Å². The third-order valence-corrected chi connectivity index (χ3v) is 3.81. The van der Waals surface area contributed by atoms with Crippen molar-refractivity contribution < 1.29 is 29.4 Å². The predicted octanol–water partition coefficient (Wildman–Crippen LogP) is 2.66. The van der Waals surface area contributed by atoms with E-state index in [2.05, 4.69) is 10.6 Å². The van der Waals surface area contributed by atoms with Gasteiger partial charge in [-0.1, -0.05) is 24.3 Å². The monoisotopic (exact) mass is 396 g/mol. The summed E-state index contributed by atoms with van der Waals surface area (Å²) in [5.41, 5.74) is 3.15. The molecular formula is C21H20N2O6. The highest BCUT2D eigenvalue weighted by Gasteiger charge is 2.06. The summed E-state index contributed by atoms with van der Waals surface area (Å²) in [5, 5.41) is 22.3. The summed E-state index contributed by atoms with van der Waals surface area (Å²) in [4.78, 5) is 44.1. The van der Waals surface area contributed by atoms with Crippen molar-refractivity contribution in [2.45, 2.75) is 19.3 Å². The van der Waals surface area contributed by atoms with Crippen molar-refractivity contribution in [3.05, 3.63) is 71.8 Å². The molecule has 0 saturated heterocycles. The molecule has 0 aliphatic heterocycles. The lowest BCUT2D eigenvalue weighted by Crippen LogP contribution is -2.13. The van der Waals surface area contributed by atoms with E-state index in [-0.39, 0.29) is 18.7 Å². The van der Waals surface area contributed by atoms with Gasteiger partial charge in [0, 0.05) is 29.9 Å². The minimum Gasteiger partial charge on any atom is -0.481 e. The Morgan fingerprint density at radius 3 is 1.72 bits per heavy atom. The van der Waals surface area contributed by atoms with Crippen molar-refractivity contribution in [3.63, 3.8) is 0 Å². The third-order valence-electron chi connectivity index (χ3n) is 3.81. The van der Waals surface area contributed by atoms with E-state index in [1.807, 2.05) is 24.3 Å². The fraction of sp³-hybridized carbons (Fsp3) is 0.143. The molecule has 0 spiro atoms. The Hall–Kier alpha value is -3.94. The number of hydrogen-bond donors (Lipinski definition) is 4. The number of anilines is 2. The lowest BCUT2D eigenvalue weighted by molar-refractivity contribution is -0.138. The Kier molecular flexibility index (Phi) is 7.67. The number of aliphatic carboxylic acids is 2. The van der Waals surface area contributed by atoms with Crippen molar-refractivity contribution in [1.29, 1.82) is 0 Å². The summed E-state index contributed by atoms with van der Waals surface area (Å²) in [6.07, 6.45) is 2.06. The second-order valence-corrected chi connectivity index (χ2v) is 6.17. The van der Waals surface area contributed by atoms with Crippen LogP contribution in [0, 0.1) is 0 Å². The Morgan fingerprint density at radius 1 is 0.724 bits per heavy atom. The summed E-state index contributed by atoms with van der Waals surface area (Å²) in [5.74, 6) is -3.09. The normalized spacial score (nSPS) is 10.5. The maximum absolute atomic E-state index is 11.6. The molecule has 0 aliphatic rings. The average molecular weight is 396 g/mol. The molecule has 0 unspecified atom stereocenters. The van der Waals surface area contributed by atoms with Crippen molar-refractivity contribution in [2.24, 2.45) is 0 Å². The van der Waals surface area contributed by atoms with Gasteiger partial charge in [-0.05, 0) is 41.8 Å². The van der Waals surface area contributed by atoms with E-state index in [0.717, 1.165) is 23.3 Å². The van der Waals surface area contributed by atoms with Crippen LogP contribution >= 0.6 is 0 Å². The van der Waals surface area contributed by atoms with E-state index in [0.29, 0.717) is 17.8 Å². The number of carbonyl (C=O) groups excluding carboxylic acids is 2. The van der Waals surface area contributed by atoms with Gasteiger partial charge in [-0.15, -0.1) is 0 Å². The van der Waals surface area contributed by atoms with Crippen LogP contribution in [0.3, 0.4) is 0 Å². The van der Waals surface area contributed by atoms with Crippen molar-refractivity contribution >= 4 is 35.1 Å². The van der Waals surface area contributed by atoms with Crippen molar-refractivity contribution in [3.8, 4) is 0 Å². The van der Waals surface area contributed by atoms with E-state index < -0.39 is 17.8 Å². The maximum Gasteiger partial charge on any atom is 0.328 e. The number of rotatable bonds is 9. The number of nitrogens with one attached hydrogen (secondary N) is 2. The van der Waals surface area contributed by atoms with Crippen LogP contribution in [-0.4, -0.2) is 34.0 Å². The predicted molar refractivity (Wildman–Crippen MR) is 107 cm³/mol. The standard InChI is InChI=1S/C21H20N2O6/c24-18(9-11-20(26)27)22-16-5-1-14(2-6-16)13-15-3-7-17(8-4-15)23-19(25)10-12-21(28)29/h1-9,11H,10,12-13H2,(H,22,24)(H,23,25)(H,26,27)(H,28,29)/b11-9+. The first-order valence-corrected chi connectivity index (χ1v) is 8.73. The van der Waals surface area contributed by atoms with Crippen LogP contribution in [0.5, 0.6) is 0 Å². The first kappa shape index (κ1) is 21.4. The number of carboxylic acid groups (broad SMARTS) is 2. The van der Waals surface area contributed by atoms with Gasteiger partial charge in [0.15, 0.2) is 0 Å². The van der Waals surface area contributed by atoms with E-state index >= 15 is 0 Å². The van der Waals surface area contributed by atoms with E-state index in [1.54, 1.807) is 24.3 Å². The van der Waals surface area contributed by atoms with Gasteiger partial charge in [0.1, 0.15) is 0 Å². The molecule has 0 heterocycles. The van der Waals surface area contributed by atoms with Crippen LogP contribution in [-0.2, 0) is 25.6 Å². The summed E-state index contributed by atoms with van der Waals surface area (Å²) >= 11 is 0. The molecule has 8 heteroatoms. The third kappa shape index (κ3) is 8.08. The number of amides is 2. The quantitative estimate of drug-likeness (QED) is 0.482. The topological polar surface area (TPSA) is 133 Å². The fourth-order valence-electron chi connectivity index (χ4n) is 2.42. The van der Waals surface area contributed by atoms with Crippen LogP contribution in [0.2, 0.25) is 0 Å². The average Bonchev–Trinajstić information content (AvgIpc) is 2.68. The fourth-order valence-corrected chi connectivity index (χ4v) is 2.42. The Balaban J connectivity index is 1.88. The van der Waals surface area contributed by atoms with Gasteiger partial charge >= 0.3 is 11.9 Å². The van der Waals surface area contributed by atoms with E-state index in [1.165, 1.54) is 0 Å². The van der Waals surface area contributed by atoms with Gasteiger partial charge in [-0.3, -0.25) is 14.4 Å². The Labute approximate surface area is 166 Å². The van der Waals surface area contributed by atoms with Crippen molar-refractivity contribution in [2.75, 3.05) is 10.6 Å². The SMILES string of the molecule is O=C(O)/C=C/C(=O)Nc1ccc(Cc2ccc(NC(=O)CCC(=O)O)cc2)cc1. The highest BCUT2D eigenvalue weighted by atomic mass is 16.4. The number of benzene rings is 2. The lowest BCUT2D eigenvalue weighted by Gasteiger charge is -2.07. The van der Waals surface area contributed by atoms with E-state index in [9.17, 15) is 19.2 Å². The number of carboxylic acids is 2. The number of carbonyl (C=O) groups is 4. The van der Waals surface area contributed by atoms with Gasteiger partial charge in [0.05, 0.1) is 6.42 Å². The Bertz CT molecular complexity index is 917. The molecule has 2 amide bonds. The zero-order valence-corrected chi connectivity index (χ0v) is 15.4. The minimum atomic E-state index is -1.19. The smallest absolute Gasteiger partial charge is 0.328 e. The molecular weight excluding hydrogens is 376 g/mol. The highest BCUT2D eigenvalue weighted by molar-refractivity contribution is 6.02. The molecule has 0 radical (unpaired) electrons. The molecule has 8 nitrogen and oxygen atoms in total. The Morgan fingerprint density at radius 2 is 1.24 bits per heavy atom. The van der Waals surface area contributed by atoms with Gasteiger partial charge < -0.3 is 20.8 Å².